The summed E-state index contributed by atoms with van der Waals surface area (Å²) in [7, 11) is 0. The molecule has 0 aliphatic heterocycles. The van der Waals surface area contributed by atoms with Crippen molar-refractivity contribution in [1.82, 2.24) is 0 Å². The van der Waals surface area contributed by atoms with Crippen LogP contribution >= 0.6 is 0 Å². The molecule has 94 valence electrons. The largest absolute Gasteiger partial charge is 0.459 e. The number of amides is 1. The summed E-state index contributed by atoms with van der Waals surface area (Å²) < 4.78 is 17.6. The lowest BCUT2D eigenvalue weighted by Crippen LogP contribution is -2.14. The van der Waals surface area contributed by atoms with Gasteiger partial charge < -0.3 is 14.8 Å². The predicted octanol–water partition coefficient (Wildman–Crippen LogP) is 2.36. The maximum Gasteiger partial charge on any atom is 0.291 e. The number of furan rings is 1. The molecule has 1 atom stereocenters. The molecule has 0 spiro atoms. The zero-order valence-corrected chi connectivity index (χ0v) is 9.47. The summed E-state index contributed by atoms with van der Waals surface area (Å²) >= 11 is 0. The van der Waals surface area contributed by atoms with Crippen molar-refractivity contribution in [3.8, 4) is 0 Å². The fourth-order valence-electron chi connectivity index (χ4n) is 1.59. The summed E-state index contributed by atoms with van der Waals surface area (Å²) in [6.45, 7) is 0. The van der Waals surface area contributed by atoms with Crippen LogP contribution in [0.15, 0.2) is 47.1 Å². The van der Waals surface area contributed by atoms with Gasteiger partial charge in [0.2, 0.25) is 0 Å². The number of para-hydroxylation sites is 1. The minimum absolute atomic E-state index is 0.172. The molecule has 1 amide bonds. The highest BCUT2D eigenvalue weighted by Crippen LogP contribution is 2.18. The van der Waals surface area contributed by atoms with Crippen LogP contribution < -0.4 is 5.32 Å². The number of alkyl halides is 1. The van der Waals surface area contributed by atoms with Gasteiger partial charge >= 0.3 is 0 Å². The first-order valence-electron chi connectivity index (χ1n) is 5.41. The van der Waals surface area contributed by atoms with Crippen molar-refractivity contribution in [2.75, 3.05) is 5.32 Å². The molecule has 0 bridgehead atoms. The molecule has 0 saturated carbocycles. The average molecular weight is 249 g/mol. The van der Waals surface area contributed by atoms with E-state index in [9.17, 15) is 9.18 Å². The monoisotopic (exact) mass is 249 g/mol. The topological polar surface area (TPSA) is 62.5 Å². The zero-order chi connectivity index (χ0) is 13.0. The van der Waals surface area contributed by atoms with Gasteiger partial charge in [0, 0.05) is 12.1 Å². The van der Waals surface area contributed by atoms with E-state index in [4.69, 9.17) is 9.52 Å². The molecule has 2 aromatic rings. The first-order chi connectivity index (χ1) is 8.66. The smallest absolute Gasteiger partial charge is 0.291 e. The number of hydrogen-bond donors (Lipinski definition) is 2. The Morgan fingerprint density at radius 1 is 1.33 bits per heavy atom. The number of aliphatic hydroxyl groups is 1. The molecule has 2 N–H and O–H groups in total. The Hall–Kier alpha value is -2.14. The van der Waals surface area contributed by atoms with E-state index in [0.29, 0.717) is 11.3 Å². The average Bonchev–Trinajstić information content (AvgIpc) is 2.84. The van der Waals surface area contributed by atoms with Crippen LogP contribution in [0.2, 0.25) is 0 Å². The second kappa shape index (κ2) is 5.46. The Morgan fingerprint density at radius 2 is 2.11 bits per heavy atom. The first-order valence-corrected chi connectivity index (χ1v) is 5.41. The molecule has 0 fully saturated rings. The molecule has 0 aliphatic rings. The molecule has 0 radical (unpaired) electrons. The maximum atomic E-state index is 12.6. The summed E-state index contributed by atoms with van der Waals surface area (Å²) in [5.74, 6) is -0.244. The Balaban J connectivity index is 2.16. The lowest BCUT2D eigenvalue weighted by Gasteiger charge is -2.10. The van der Waals surface area contributed by atoms with Crippen molar-refractivity contribution in [1.29, 1.82) is 0 Å². The van der Waals surface area contributed by atoms with Gasteiger partial charge in [-0.25, -0.2) is 4.39 Å². The van der Waals surface area contributed by atoms with Gasteiger partial charge in [-0.1, -0.05) is 18.2 Å². The van der Waals surface area contributed by atoms with Crippen molar-refractivity contribution in [2.24, 2.45) is 0 Å². The third-order valence-corrected chi connectivity index (χ3v) is 2.40. The molecule has 1 heterocycles. The van der Waals surface area contributed by atoms with Crippen LogP contribution in [-0.2, 0) is 6.42 Å². The maximum absolute atomic E-state index is 12.6. The third-order valence-electron chi connectivity index (χ3n) is 2.40. The highest BCUT2D eigenvalue weighted by Gasteiger charge is 2.12. The summed E-state index contributed by atoms with van der Waals surface area (Å²) in [5, 5.41) is 11.4. The minimum Gasteiger partial charge on any atom is -0.459 e. The third kappa shape index (κ3) is 2.95. The normalized spacial score (nSPS) is 12.1. The number of carbonyl (C=O) groups is 1. The minimum atomic E-state index is -1.95. The van der Waals surface area contributed by atoms with Crippen molar-refractivity contribution in [3.05, 3.63) is 54.0 Å². The number of nitrogens with one attached hydrogen (secondary N) is 1. The summed E-state index contributed by atoms with van der Waals surface area (Å²) in [6, 6.07) is 9.83. The number of hydrogen-bond acceptors (Lipinski definition) is 3. The van der Waals surface area contributed by atoms with Crippen LogP contribution in [0.25, 0.3) is 0 Å². The molecule has 1 aromatic carbocycles. The van der Waals surface area contributed by atoms with Crippen molar-refractivity contribution in [2.45, 2.75) is 12.8 Å². The van der Waals surface area contributed by atoms with Gasteiger partial charge in [0.1, 0.15) is 0 Å². The second-order valence-electron chi connectivity index (χ2n) is 3.73. The van der Waals surface area contributed by atoms with Crippen LogP contribution in [-0.4, -0.2) is 17.4 Å². The molecular weight excluding hydrogens is 237 g/mol. The molecule has 1 unspecified atom stereocenters. The van der Waals surface area contributed by atoms with E-state index >= 15 is 0 Å². The number of halogens is 1. The number of rotatable bonds is 4. The van der Waals surface area contributed by atoms with Crippen LogP contribution in [0.4, 0.5) is 10.1 Å². The van der Waals surface area contributed by atoms with E-state index in [2.05, 4.69) is 5.32 Å². The van der Waals surface area contributed by atoms with Gasteiger partial charge in [-0.2, -0.15) is 0 Å². The molecule has 0 aliphatic carbocycles. The Kier molecular flexibility index (Phi) is 3.74. The van der Waals surface area contributed by atoms with Crippen molar-refractivity contribution < 1.29 is 18.7 Å². The molecule has 0 saturated heterocycles. The van der Waals surface area contributed by atoms with Gasteiger partial charge in [0.05, 0.1) is 6.26 Å². The van der Waals surface area contributed by atoms with Crippen LogP contribution in [0.5, 0.6) is 0 Å². The molecule has 1 aromatic heterocycles. The van der Waals surface area contributed by atoms with E-state index in [0.717, 1.165) is 0 Å². The molecule has 2 rings (SSSR count). The van der Waals surface area contributed by atoms with E-state index in [1.165, 1.54) is 12.3 Å². The highest BCUT2D eigenvalue weighted by atomic mass is 19.1. The highest BCUT2D eigenvalue weighted by molar-refractivity contribution is 6.02. The number of carbonyl (C=O) groups excluding carboxylic acids is 1. The van der Waals surface area contributed by atoms with Gasteiger partial charge in [-0.3, -0.25) is 4.79 Å². The fourth-order valence-corrected chi connectivity index (χ4v) is 1.59. The Bertz CT molecular complexity index is 523. The molecule has 4 nitrogen and oxygen atoms in total. The van der Waals surface area contributed by atoms with Gasteiger partial charge in [0.15, 0.2) is 12.1 Å². The fraction of sp³-hybridized carbons (Fsp3) is 0.154. The van der Waals surface area contributed by atoms with E-state index in [1.807, 2.05) is 0 Å². The predicted molar refractivity (Wildman–Crippen MR) is 63.9 cm³/mol. The van der Waals surface area contributed by atoms with Crippen LogP contribution in [0.3, 0.4) is 0 Å². The number of aliphatic hydroxyl groups excluding tert-OH is 1. The van der Waals surface area contributed by atoms with E-state index in [-0.39, 0.29) is 12.2 Å². The van der Waals surface area contributed by atoms with Gasteiger partial charge in [-0.05, 0) is 23.8 Å². The number of anilines is 1. The SMILES string of the molecule is O=C(Nc1ccccc1CC(O)F)c1ccco1. The van der Waals surface area contributed by atoms with Crippen LogP contribution in [0.1, 0.15) is 16.1 Å². The second-order valence-corrected chi connectivity index (χ2v) is 3.73. The Labute approximate surface area is 103 Å². The van der Waals surface area contributed by atoms with Crippen molar-refractivity contribution in [3.63, 3.8) is 0 Å². The van der Waals surface area contributed by atoms with Gasteiger partial charge in [0.25, 0.3) is 5.91 Å². The van der Waals surface area contributed by atoms with E-state index < -0.39 is 12.3 Å². The summed E-state index contributed by atoms with van der Waals surface area (Å²) in [4.78, 5) is 11.8. The number of benzene rings is 1. The molecule has 5 heteroatoms. The van der Waals surface area contributed by atoms with Crippen molar-refractivity contribution >= 4 is 11.6 Å². The Morgan fingerprint density at radius 3 is 2.78 bits per heavy atom. The first kappa shape index (κ1) is 12.3. The van der Waals surface area contributed by atoms with E-state index in [1.54, 1.807) is 30.3 Å². The summed E-state index contributed by atoms with van der Waals surface area (Å²) in [6.07, 6.45) is -0.729. The molecular formula is C13H12FNO3. The quantitative estimate of drug-likeness (QED) is 0.874. The van der Waals surface area contributed by atoms with Gasteiger partial charge in [-0.15, -0.1) is 0 Å². The summed E-state index contributed by atoms with van der Waals surface area (Å²) in [5.41, 5.74) is 0.975. The zero-order valence-electron chi connectivity index (χ0n) is 9.47. The lowest BCUT2D eigenvalue weighted by molar-refractivity contribution is 0.0430. The van der Waals surface area contributed by atoms with Crippen LogP contribution in [0, 0.1) is 0 Å². The molecule has 18 heavy (non-hydrogen) atoms. The lowest BCUT2D eigenvalue weighted by atomic mass is 10.1. The standard InChI is InChI=1S/C13H12FNO3/c14-12(16)8-9-4-1-2-5-10(9)15-13(17)11-6-3-7-18-11/h1-7,12,16H,8H2,(H,15,17).